The van der Waals surface area contributed by atoms with E-state index in [0.29, 0.717) is 0 Å². The molecule has 0 aromatic rings. The summed E-state index contributed by atoms with van der Waals surface area (Å²) in [6.07, 6.45) is 35.1. The van der Waals surface area contributed by atoms with Crippen molar-refractivity contribution in [1.82, 2.24) is 4.90 Å². The van der Waals surface area contributed by atoms with Crippen molar-refractivity contribution in [2.75, 3.05) is 13.1 Å². The third-order valence-electron chi connectivity index (χ3n) is 8.14. The van der Waals surface area contributed by atoms with Gasteiger partial charge in [-0.2, -0.15) is 0 Å². The molecule has 0 aliphatic rings. The molecule has 0 aliphatic carbocycles. The molecule has 1 unspecified atom stereocenters. The summed E-state index contributed by atoms with van der Waals surface area (Å²) in [5, 5.41) is 11.9. The van der Waals surface area contributed by atoms with Gasteiger partial charge in [-0.05, 0) is 32.4 Å². The summed E-state index contributed by atoms with van der Waals surface area (Å²) < 4.78 is 0. The van der Waals surface area contributed by atoms with Crippen LogP contribution in [0.2, 0.25) is 0 Å². The van der Waals surface area contributed by atoms with Crippen molar-refractivity contribution in [3.05, 3.63) is 0 Å². The molecule has 222 valence electrons. The number of unbranched alkanes of at least 4 members (excludes halogenated alkanes) is 23. The third kappa shape index (κ3) is 27.6. The van der Waals surface area contributed by atoms with Gasteiger partial charge in [0.1, 0.15) is 0 Å². The van der Waals surface area contributed by atoms with Crippen LogP contribution in [0.25, 0.3) is 0 Å². The van der Waals surface area contributed by atoms with E-state index in [1.165, 1.54) is 141 Å². The van der Waals surface area contributed by atoms with Gasteiger partial charge >= 0.3 is 18.9 Å². The first-order chi connectivity index (χ1) is 18.2. The van der Waals surface area contributed by atoms with Gasteiger partial charge in [0.2, 0.25) is 0 Å². The Balaban J connectivity index is 0. The van der Waals surface area contributed by atoms with E-state index < -0.39 is 5.97 Å². The Morgan fingerprint density at radius 3 is 1.00 bits per heavy atom. The van der Waals surface area contributed by atoms with Crippen LogP contribution in [0, 0.1) is 0 Å². The number of carboxylic acid groups (broad SMARTS) is 1. The van der Waals surface area contributed by atoms with Gasteiger partial charge in [0.25, 0.3) is 0 Å². The minimum absolute atomic E-state index is 0. The second-order valence-electron chi connectivity index (χ2n) is 11.8. The van der Waals surface area contributed by atoms with Crippen LogP contribution in [-0.4, -0.2) is 30.0 Å². The molecule has 0 bridgehead atoms. The largest absolute Gasteiger partial charge is 1.00 e. The molecule has 0 radical (unpaired) electrons. The normalized spacial score (nSPS) is 12.1. The second kappa shape index (κ2) is 33.2. The van der Waals surface area contributed by atoms with Gasteiger partial charge < -0.3 is 9.90 Å². The molecule has 0 aromatic heterocycles. The molecule has 0 heterocycles. The number of carbonyl (C=O) groups excluding carboxylic acids is 1. The summed E-state index contributed by atoms with van der Waals surface area (Å²) in [5.74, 6) is -0.855. The smallest absolute Gasteiger partial charge is 0.548 e. The Bertz CT molecular complexity index is 432. The number of aliphatic carboxylic acids is 1. The van der Waals surface area contributed by atoms with Crippen LogP contribution in [0.1, 0.15) is 194 Å². The zero-order valence-electron chi connectivity index (χ0n) is 26.8. The molecule has 38 heavy (non-hydrogen) atoms. The summed E-state index contributed by atoms with van der Waals surface area (Å²) in [6, 6.07) is -0.389. The van der Waals surface area contributed by atoms with Crippen LogP contribution in [0.15, 0.2) is 0 Å². The van der Waals surface area contributed by atoms with E-state index >= 15 is 0 Å². The van der Waals surface area contributed by atoms with Crippen molar-refractivity contribution in [2.24, 2.45) is 0 Å². The fourth-order valence-electron chi connectivity index (χ4n) is 5.58. The molecule has 4 heteroatoms. The molecule has 3 nitrogen and oxygen atoms in total. The van der Waals surface area contributed by atoms with E-state index in [1.807, 2.05) is 0 Å². The van der Waals surface area contributed by atoms with Crippen molar-refractivity contribution in [2.45, 2.75) is 200 Å². The van der Waals surface area contributed by atoms with Crippen LogP contribution in [-0.2, 0) is 4.79 Å². The van der Waals surface area contributed by atoms with Gasteiger partial charge in [-0.25, -0.2) is 0 Å². The summed E-state index contributed by atoms with van der Waals surface area (Å²) >= 11 is 0. The number of hydrogen-bond acceptors (Lipinski definition) is 3. The Hall–Kier alpha value is 0.0274. The number of rotatable bonds is 31. The Morgan fingerprint density at radius 1 is 0.474 bits per heavy atom. The van der Waals surface area contributed by atoms with Crippen molar-refractivity contribution in [3.8, 4) is 0 Å². The van der Waals surface area contributed by atoms with E-state index in [9.17, 15) is 9.90 Å². The van der Waals surface area contributed by atoms with E-state index in [2.05, 4.69) is 25.7 Å². The average Bonchev–Trinajstić information content (AvgIpc) is 2.89. The van der Waals surface area contributed by atoms with E-state index in [4.69, 9.17) is 0 Å². The van der Waals surface area contributed by atoms with Crippen LogP contribution in [0.5, 0.6) is 0 Å². The molecule has 0 rings (SSSR count). The molecule has 0 saturated heterocycles. The quantitative estimate of drug-likeness (QED) is 0.0717. The molecule has 0 saturated carbocycles. The maximum atomic E-state index is 11.9. The zero-order chi connectivity index (χ0) is 27.2. The topological polar surface area (TPSA) is 43.4 Å². The molecule has 0 spiro atoms. The summed E-state index contributed by atoms with van der Waals surface area (Å²) in [4.78, 5) is 14.2. The summed E-state index contributed by atoms with van der Waals surface area (Å²) in [7, 11) is 0. The van der Waals surface area contributed by atoms with E-state index in [0.717, 1.165) is 45.2 Å². The van der Waals surface area contributed by atoms with Crippen LogP contribution in [0.3, 0.4) is 0 Å². The van der Waals surface area contributed by atoms with Crippen LogP contribution < -0.4 is 24.0 Å². The van der Waals surface area contributed by atoms with Gasteiger partial charge in [0, 0.05) is 6.04 Å². The SMILES string of the molecule is CCCCCCCCCCCCCCN(CCCCCCCCCCCCCC)C(CCCC)C(=O)[O-].[Li+]. The second-order valence-corrected chi connectivity index (χ2v) is 11.8. The van der Waals surface area contributed by atoms with E-state index in [1.54, 1.807) is 0 Å². The first kappa shape index (κ1) is 40.2. The number of carboxylic acids is 1. The molecule has 0 fully saturated rings. The average molecular weight is 530 g/mol. The van der Waals surface area contributed by atoms with Crippen molar-refractivity contribution >= 4 is 5.97 Å². The number of hydrogen-bond donors (Lipinski definition) is 0. The van der Waals surface area contributed by atoms with Gasteiger partial charge in [-0.15, -0.1) is 0 Å². The molecule has 1 atom stereocenters. The van der Waals surface area contributed by atoms with Gasteiger partial charge in [0.15, 0.2) is 0 Å². The first-order valence-electron chi connectivity index (χ1n) is 17.1. The minimum Gasteiger partial charge on any atom is -0.548 e. The van der Waals surface area contributed by atoms with Gasteiger partial charge in [-0.1, -0.05) is 175 Å². The molecule has 0 amide bonds. The molecular formula is C34H68LiNO2. The monoisotopic (exact) mass is 530 g/mol. The Labute approximate surface area is 252 Å². The van der Waals surface area contributed by atoms with E-state index in [-0.39, 0.29) is 24.9 Å². The molecular weight excluding hydrogens is 461 g/mol. The van der Waals surface area contributed by atoms with Crippen molar-refractivity contribution < 1.29 is 28.8 Å². The fourth-order valence-corrected chi connectivity index (χ4v) is 5.58. The maximum Gasteiger partial charge on any atom is 1.00 e. The minimum atomic E-state index is -0.855. The third-order valence-corrected chi connectivity index (χ3v) is 8.14. The predicted octanol–water partition coefficient (Wildman–Crippen LogP) is 7.00. The van der Waals surface area contributed by atoms with Gasteiger partial charge in [0.05, 0.1) is 5.97 Å². The van der Waals surface area contributed by atoms with Crippen LogP contribution >= 0.6 is 0 Å². The molecule has 0 aliphatic heterocycles. The first-order valence-corrected chi connectivity index (χ1v) is 17.1. The Kier molecular flexibility index (Phi) is 35.1. The van der Waals surface area contributed by atoms with Gasteiger partial charge in [-0.3, -0.25) is 4.90 Å². The molecule has 0 N–H and O–H groups in total. The molecule has 0 aromatic carbocycles. The van der Waals surface area contributed by atoms with Crippen LogP contribution in [0.4, 0.5) is 0 Å². The van der Waals surface area contributed by atoms with Crippen molar-refractivity contribution in [3.63, 3.8) is 0 Å². The standard InChI is InChI=1S/C34H69NO2.Li/c1-4-7-10-12-14-16-18-20-22-24-26-28-31-35(33(34(36)37)30-9-6-3)32-29-27-25-23-21-19-17-15-13-11-8-5-2;/h33H,4-32H2,1-3H3,(H,36,37);/q;+1/p-1. The fraction of sp³-hybridized carbons (Fsp3) is 0.971. The van der Waals surface area contributed by atoms with Crippen molar-refractivity contribution in [1.29, 1.82) is 0 Å². The Morgan fingerprint density at radius 2 is 0.737 bits per heavy atom. The maximum absolute atomic E-state index is 11.9. The predicted molar refractivity (Wildman–Crippen MR) is 162 cm³/mol. The number of carbonyl (C=O) groups is 1. The number of nitrogens with zero attached hydrogens (tertiary/aromatic N) is 1. The zero-order valence-corrected chi connectivity index (χ0v) is 26.8. The summed E-state index contributed by atoms with van der Waals surface area (Å²) in [6.45, 7) is 8.56. The summed E-state index contributed by atoms with van der Waals surface area (Å²) in [5.41, 5.74) is 0.